The molecule has 27 heavy (non-hydrogen) atoms. The first-order chi connectivity index (χ1) is 12.6. The van der Waals surface area contributed by atoms with Gasteiger partial charge in [0.05, 0.1) is 19.3 Å². The molecule has 0 spiro atoms. The number of aryl methyl sites for hydroxylation is 1. The SMILES string of the molecule is CCNC(=NCc1ccc(C)cc1OC1CCCC1)NCC1(CO)CC1.I. The average Bonchev–Trinajstić information content (AvgIpc) is 3.25. The number of aliphatic imine (C=N–C) groups is 1. The smallest absolute Gasteiger partial charge is 0.191 e. The summed E-state index contributed by atoms with van der Waals surface area (Å²) in [6.07, 6.45) is 7.38. The molecule has 0 bridgehead atoms. The summed E-state index contributed by atoms with van der Waals surface area (Å²) >= 11 is 0. The Kier molecular flexibility index (Phi) is 8.66. The molecule has 1 aromatic rings. The second kappa shape index (κ2) is 10.5. The monoisotopic (exact) mass is 487 g/mol. The van der Waals surface area contributed by atoms with Gasteiger partial charge in [0, 0.05) is 24.1 Å². The molecule has 0 atom stereocenters. The van der Waals surface area contributed by atoms with E-state index in [1.165, 1.54) is 18.4 Å². The maximum atomic E-state index is 9.49. The summed E-state index contributed by atoms with van der Waals surface area (Å²) in [4.78, 5) is 4.75. The van der Waals surface area contributed by atoms with E-state index in [1.807, 2.05) is 0 Å². The number of nitrogens with one attached hydrogen (secondary N) is 2. The lowest BCUT2D eigenvalue weighted by atomic mass is 10.1. The van der Waals surface area contributed by atoms with E-state index in [2.05, 4.69) is 42.7 Å². The van der Waals surface area contributed by atoms with E-state index < -0.39 is 0 Å². The van der Waals surface area contributed by atoms with Gasteiger partial charge in [-0.15, -0.1) is 24.0 Å². The highest BCUT2D eigenvalue weighted by Crippen LogP contribution is 2.44. The third kappa shape index (κ3) is 6.52. The van der Waals surface area contributed by atoms with Gasteiger partial charge in [-0.3, -0.25) is 0 Å². The molecule has 2 fully saturated rings. The van der Waals surface area contributed by atoms with Crippen LogP contribution in [0.25, 0.3) is 0 Å². The van der Waals surface area contributed by atoms with Gasteiger partial charge in [-0.2, -0.15) is 0 Å². The molecule has 0 heterocycles. The Morgan fingerprint density at radius 3 is 2.63 bits per heavy atom. The molecule has 0 amide bonds. The van der Waals surface area contributed by atoms with Crippen molar-refractivity contribution in [3.63, 3.8) is 0 Å². The van der Waals surface area contributed by atoms with E-state index >= 15 is 0 Å². The topological polar surface area (TPSA) is 65.9 Å². The van der Waals surface area contributed by atoms with E-state index in [1.54, 1.807) is 0 Å². The standard InChI is InChI=1S/C21H33N3O2.HI/c1-3-22-20(24-14-21(15-25)10-11-21)23-13-17-9-8-16(2)12-19(17)26-18-6-4-5-7-18;/h8-9,12,18,25H,3-7,10-11,13-15H2,1-2H3,(H2,22,23,24);1H. The predicted molar refractivity (Wildman–Crippen MR) is 121 cm³/mol. The van der Waals surface area contributed by atoms with Crippen molar-refractivity contribution in [2.24, 2.45) is 10.4 Å². The van der Waals surface area contributed by atoms with Crippen LogP contribution in [0.1, 0.15) is 56.6 Å². The lowest BCUT2D eigenvalue weighted by Gasteiger charge is -2.18. The molecule has 2 aliphatic rings. The number of rotatable bonds is 8. The van der Waals surface area contributed by atoms with Crippen molar-refractivity contribution in [1.82, 2.24) is 10.6 Å². The highest BCUT2D eigenvalue weighted by Gasteiger charge is 2.41. The third-order valence-corrected chi connectivity index (χ3v) is 5.49. The molecule has 0 aliphatic heterocycles. The lowest BCUT2D eigenvalue weighted by Crippen LogP contribution is -2.41. The first kappa shape index (κ1) is 22.3. The van der Waals surface area contributed by atoms with E-state index in [0.29, 0.717) is 12.6 Å². The number of aliphatic hydroxyl groups excluding tert-OH is 1. The zero-order chi connectivity index (χ0) is 18.4. The molecule has 2 aliphatic carbocycles. The van der Waals surface area contributed by atoms with Crippen molar-refractivity contribution in [3.8, 4) is 5.75 Å². The molecule has 1 aromatic carbocycles. The molecule has 152 valence electrons. The van der Waals surface area contributed by atoms with Crippen LogP contribution in [0, 0.1) is 12.3 Å². The summed E-state index contributed by atoms with van der Waals surface area (Å²) in [5, 5.41) is 16.2. The van der Waals surface area contributed by atoms with Crippen LogP contribution in [0.2, 0.25) is 0 Å². The fourth-order valence-electron chi connectivity index (χ4n) is 3.43. The molecule has 6 heteroatoms. The van der Waals surface area contributed by atoms with Gasteiger partial charge in [-0.1, -0.05) is 12.1 Å². The second-order valence-electron chi connectivity index (χ2n) is 7.84. The van der Waals surface area contributed by atoms with Crippen molar-refractivity contribution < 1.29 is 9.84 Å². The van der Waals surface area contributed by atoms with Crippen LogP contribution in [-0.2, 0) is 6.54 Å². The Bertz CT molecular complexity index is 626. The highest BCUT2D eigenvalue weighted by molar-refractivity contribution is 14.0. The van der Waals surface area contributed by atoms with Crippen LogP contribution in [0.4, 0.5) is 0 Å². The van der Waals surface area contributed by atoms with Crippen molar-refractivity contribution in [1.29, 1.82) is 0 Å². The zero-order valence-electron chi connectivity index (χ0n) is 16.6. The highest BCUT2D eigenvalue weighted by atomic mass is 127. The number of halogens is 1. The fraction of sp³-hybridized carbons (Fsp3) is 0.667. The number of benzene rings is 1. The molecule has 5 nitrogen and oxygen atoms in total. The molecule has 3 N–H and O–H groups in total. The Morgan fingerprint density at radius 1 is 1.26 bits per heavy atom. The minimum Gasteiger partial charge on any atom is -0.490 e. The summed E-state index contributed by atoms with van der Waals surface area (Å²) in [6.45, 7) is 6.59. The molecule has 0 saturated heterocycles. The van der Waals surface area contributed by atoms with Crippen LogP contribution in [0.15, 0.2) is 23.2 Å². The Morgan fingerprint density at radius 2 is 2.00 bits per heavy atom. The van der Waals surface area contributed by atoms with E-state index in [4.69, 9.17) is 9.73 Å². The number of ether oxygens (including phenoxy) is 1. The van der Waals surface area contributed by atoms with Crippen LogP contribution in [0.5, 0.6) is 5.75 Å². The van der Waals surface area contributed by atoms with Gasteiger partial charge < -0.3 is 20.5 Å². The Hall–Kier alpha value is -1.02. The summed E-state index contributed by atoms with van der Waals surface area (Å²) in [6, 6.07) is 6.38. The van der Waals surface area contributed by atoms with Gasteiger partial charge in [-0.25, -0.2) is 4.99 Å². The summed E-state index contributed by atoms with van der Waals surface area (Å²) in [7, 11) is 0. The van der Waals surface area contributed by atoms with Gasteiger partial charge in [0.1, 0.15) is 5.75 Å². The maximum Gasteiger partial charge on any atom is 0.191 e. The number of nitrogens with zero attached hydrogens (tertiary/aromatic N) is 1. The van der Waals surface area contributed by atoms with Gasteiger partial charge in [0.15, 0.2) is 5.96 Å². The largest absolute Gasteiger partial charge is 0.490 e. The number of hydrogen-bond acceptors (Lipinski definition) is 3. The van der Waals surface area contributed by atoms with Crippen LogP contribution in [0.3, 0.4) is 0 Å². The molecule has 3 rings (SSSR count). The molecular formula is C21H34IN3O2. The Balaban J connectivity index is 0.00000261. The quantitative estimate of drug-likeness (QED) is 0.297. The first-order valence-electron chi connectivity index (χ1n) is 10.0. The van der Waals surface area contributed by atoms with E-state index in [0.717, 1.165) is 56.0 Å². The van der Waals surface area contributed by atoms with Crippen molar-refractivity contribution >= 4 is 29.9 Å². The van der Waals surface area contributed by atoms with Gasteiger partial charge >= 0.3 is 0 Å². The average molecular weight is 487 g/mol. The Labute approximate surface area is 180 Å². The van der Waals surface area contributed by atoms with Gasteiger partial charge in [-0.05, 0) is 64.0 Å². The van der Waals surface area contributed by atoms with Gasteiger partial charge in [0.25, 0.3) is 0 Å². The number of hydrogen-bond donors (Lipinski definition) is 3. The zero-order valence-corrected chi connectivity index (χ0v) is 18.9. The van der Waals surface area contributed by atoms with Gasteiger partial charge in [0.2, 0.25) is 0 Å². The molecule has 0 aromatic heterocycles. The third-order valence-electron chi connectivity index (χ3n) is 5.49. The van der Waals surface area contributed by atoms with Crippen molar-refractivity contribution in [2.75, 3.05) is 19.7 Å². The van der Waals surface area contributed by atoms with Crippen molar-refractivity contribution in [2.45, 2.75) is 65.0 Å². The predicted octanol–water partition coefficient (Wildman–Crippen LogP) is 3.76. The molecule has 0 unspecified atom stereocenters. The molecular weight excluding hydrogens is 453 g/mol. The minimum atomic E-state index is 0. The maximum absolute atomic E-state index is 9.49. The lowest BCUT2D eigenvalue weighted by molar-refractivity contribution is 0.208. The van der Waals surface area contributed by atoms with Crippen LogP contribution in [-0.4, -0.2) is 36.9 Å². The fourth-order valence-corrected chi connectivity index (χ4v) is 3.43. The normalized spacial score (nSPS) is 18.7. The van der Waals surface area contributed by atoms with Crippen LogP contribution < -0.4 is 15.4 Å². The van der Waals surface area contributed by atoms with Crippen LogP contribution >= 0.6 is 24.0 Å². The molecule has 0 radical (unpaired) electrons. The van der Waals surface area contributed by atoms with E-state index in [-0.39, 0.29) is 36.0 Å². The first-order valence-corrected chi connectivity index (χ1v) is 10.0. The van der Waals surface area contributed by atoms with E-state index in [9.17, 15) is 5.11 Å². The van der Waals surface area contributed by atoms with Crippen molar-refractivity contribution in [3.05, 3.63) is 29.3 Å². The summed E-state index contributed by atoms with van der Waals surface area (Å²) < 4.78 is 6.28. The summed E-state index contributed by atoms with van der Waals surface area (Å²) in [5.41, 5.74) is 2.41. The summed E-state index contributed by atoms with van der Waals surface area (Å²) in [5.74, 6) is 1.78. The minimum absolute atomic E-state index is 0. The number of guanidine groups is 1. The molecule has 2 saturated carbocycles. The second-order valence-corrected chi connectivity index (χ2v) is 7.84. The number of aliphatic hydroxyl groups is 1.